The zero-order valence-electron chi connectivity index (χ0n) is 13.0. The van der Waals surface area contributed by atoms with Crippen LogP contribution in [0.4, 0.5) is 0 Å². The van der Waals surface area contributed by atoms with Gasteiger partial charge in [0.2, 0.25) is 0 Å². The predicted octanol–water partition coefficient (Wildman–Crippen LogP) is 2.59. The third-order valence-electron chi connectivity index (χ3n) is 4.43. The lowest BCUT2D eigenvalue weighted by Gasteiger charge is -2.47. The summed E-state index contributed by atoms with van der Waals surface area (Å²) >= 11 is 0. The Morgan fingerprint density at radius 1 is 1.00 bits per heavy atom. The zero-order valence-corrected chi connectivity index (χ0v) is 13.0. The average molecular weight is 286 g/mol. The Bertz CT molecular complexity index is 616. The van der Waals surface area contributed by atoms with Crippen molar-refractivity contribution in [2.24, 2.45) is 0 Å². The summed E-state index contributed by atoms with van der Waals surface area (Å²) in [6.07, 6.45) is 1.91. The molecule has 1 saturated heterocycles. The highest BCUT2D eigenvalue weighted by molar-refractivity contribution is 6.22. The van der Waals surface area contributed by atoms with Crippen LogP contribution < -0.4 is 10.6 Å². The maximum atomic E-state index is 12.1. The minimum absolute atomic E-state index is 0.00817. The van der Waals surface area contributed by atoms with Crippen LogP contribution in [0.25, 0.3) is 0 Å². The van der Waals surface area contributed by atoms with Gasteiger partial charge in [-0.15, -0.1) is 0 Å². The van der Waals surface area contributed by atoms with Crippen LogP contribution in [0.3, 0.4) is 0 Å². The van der Waals surface area contributed by atoms with E-state index in [1.54, 1.807) is 6.07 Å². The summed E-state index contributed by atoms with van der Waals surface area (Å²) in [5.41, 5.74) is 2.13. The minimum Gasteiger partial charge on any atom is -0.307 e. The lowest BCUT2D eigenvalue weighted by molar-refractivity contribution is 0.0878. The number of carbonyl (C=O) groups is 2. The highest BCUT2D eigenvalue weighted by atomic mass is 16.2. The van der Waals surface area contributed by atoms with Crippen molar-refractivity contribution in [3.8, 4) is 0 Å². The number of benzene rings is 1. The number of imide groups is 1. The van der Waals surface area contributed by atoms with Gasteiger partial charge in [-0.3, -0.25) is 14.9 Å². The molecular formula is C17H22N2O2. The number of hydrogen-bond donors (Lipinski definition) is 2. The van der Waals surface area contributed by atoms with E-state index in [4.69, 9.17) is 0 Å². The van der Waals surface area contributed by atoms with Crippen molar-refractivity contribution >= 4 is 11.8 Å². The zero-order chi connectivity index (χ0) is 15.4. The molecule has 2 heterocycles. The summed E-state index contributed by atoms with van der Waals surface area (Å²) in [5, 5.41) is 6.06. The molecule has 4 heteroatoms. The van der Waals surface area contributed by atoms with Gasteiger partial charge in [0.1, 0.15) is 0 Å². The Kier molecular flexibility index (Phi) is 2.99. The SMILES string of the molecule is CC1(C)CC(c2cccc3c2C(=O)NC3=O)CC(C)(C)N1. The second kappa shape index (κ2) is 4.41. The minimum atomic E-state index is -0.274. The number of amides is 2. The van der Waals surface area contributed by atoms with Gasteiger partial charge >= 0.3 is 0 Å². The standard InChI is InChI=1S/C17H22N2O2/c1-16(2)8-10(9-17(3,4)19-16)11-6-5-7-12-13(11)15(21)18-14(12)20/h5-7,10,19H,8-9H2,1-4H3,(H,18,20,21). The molecule has 1 fully saturated rings. The molecule has 2 aliphatic heterocycles. The topological polar surface area (TPSA) is 58.2 Å². The van der Waals surface area contributed by atoms with E-state index in [0.717, 1.165) is 18.4 Å². The first-order valence-electron chi connectivity index (χ1n) is 7.46. The molecule has 0 atom stereocenters. The van der Waals surface area contributed by atoms with Crippen LogP contribution in [-0.2, 0) is 0 Å². The highest BCUT2D eigenvalue weighted by Crippen LogP contribution is 2.41. The lowest BCUT2D eigenvalue weighted by Crippen LogP contribution is -2.57. The molecule has 0 spiro atoms. The van der Waals surface area contributed by atoms with E-state index in [1.165, 1.54) is 0 Å². The van der Waals surface area contributed by atoms with Gasteiger partial charge in [-0.1, -0.05) is 12.1 Å². The van der Waals surface area contributed by atoms with Crippen molar-refractivity contribution in [1.29, 1.82) is 0 Å². The van der Waals surface area contributed by atoms with Crippen LogP contribution in [-0.4, -0.2) is 22.9 Å². The monoisotopic (exact) mass is 286 g/mol. The summed E-state index contributed by atoms with van der Waals surface area (Å²) < 4.78 is 0. The van der Waals surface area contributed by atoms with E-state index < -0.39 is 0 Å². The maximum absolute atomic E-state index is 12.1. The molecule has 1 aromatic rings. The fourth-order valence-electron chi connectivity index (χ4n) is 4.13. The Balaban J connectivity index is 2.06. The van der Waals surface area contributed by atoms with Crippen LogP contribution in [0, 0.1) is 0 Å². The molecule has 2 aliphatic rings. The van der Waals surface area contributed by atoms with Crippen LogP contribution >= 0.6 is 0 Å². The maximum Gasteiger partial charge on any atom is 0.259 e. The molecule has 0 unspecified atom stereocenters. The molecule has 0 bridgehead atoms. The molecule has 21 heavy (non-hydrogen) atoms. The van der Waals surface area contributed by atoms with Gasteiger partial charge < -0.3 is 5.32 Å². The van der Waals surface area contributed by atoms with Crippen LogP contribution in [0.1, 0.15) is 72.7 Å². The largest absolute Gasteiger partial charge is 0.307 e. The molecule has 2 amide bonds. The molecule has 4 nitrogen and oxygen atoms in total. The van der Waals surface area contributed by atoms with E-state index in [0.29, 0.717) is 11.1 Å². The van der Waals surface area contributed by atoms with E-state index >= 15 is 0 Å². The van der Waals surface area contributed by atoms with Crippen LogP contribution in [0.2, 0.25) is 0 Å². The summed E-state index contributed by atoms with van der Waals surface area (Å²) in [5.74, 6) is -0.244. The molecule has 0 aliphatic carbocycles. The van der Waals surface area contributed by atoms with E-state index in [-0.39, 0.29) is 28.8 Å². The molecule has 3 rings (SSSR count). The summed E-state index contributed by atoms with van der Waals surface area (Å²) in [6.45, 7) is 8.76. The van der Waals surface area contributed by atoms with Gasteiger partial charge in [0.25, 0.3) is 11.8 Å². The second-order valence-electron chi connectivity index (χ2n) is 7.55. The van der Waals surface area contributed by atoms with Crippen molar-refractivity contribution in [2.75, 3.05) is 0 Å². The van der Waals surface area contributed by atoms with Crippen LogP contribution in [0.15, 0.2) is 18.2 Å². The Morgan fingerprint density at radius 2 is 1.62 bits per heavy atom. The van der Waals surface area contributed by atoms with Crippen LogP contribution in [0.5, 0.6) is 0 Å². The number of nitrogens with one attached hydrogen (secondary N) is 2. The Labute approximate surface area is 125 Å². The number of fused-ring (bicyclic) bond motifs is 1. The van der Waals surface area contributed by atoms with Crippen molar-refractivity contribution < 1.29 is 9.59 Å². The molecule has 112 valence electrons. The number of carbonyl (C=O) groups excluding carboxylic acids is 2. The van der Waals surface area contributed by atoms with Crippen molar-refractivity contribution in [2.45, 2.75) is 57.5 Å². The van der Waals surface area contributed by atoms with Crippen molar-refractivity contribution in [3.63, 3.8) is 0 Å². The first kappa shape index (κ1) is 14.3. The summed E-state index contributed by atoms with van der Waals surface area (Å²) in [7, 11) is 0. The van der Waals surface area contributed by atoms with Gasteiger partial charge in [-0.05, 0) is 58.1 Å². The normalized spacial score (nSPS) is 23.8. The van der Waals surface area contributed by atoms with Gasteiger partial charge in [0, 0.05) is 11.1 Å². The first-order valence-corrected chi connectivity index (χ1v) is 7.46. The lowest BCUT2D eigenvalue weighted by atomic mass is 9.72. The van der Waals surface area contributed by atoms with Gasteiger partial charge in [0.15, 0.2) is 0 Å². The van der Waals surface area contributed by atoms with Gasteiger partial charge in [-0.2, -0.15) is 0 Å². The fraction of sp³-hybridized carbons (Fsp3) is 0.529. The first-order chi connectivity index (χ1) is 9.69. The van der Waals surface area contributed by atoms with Crippen molar-refractivity contribution in [3.05, 3.63) is 34.9 Å². The summed E-state index contributed by atoms with van der Waals surface area (Å²) in [6, 6.07) is 5.62. The summed E-state index contributed by atoms with van der Waals surface area (Å²) in [4.78, 5) is 23.9. The average Bonchev–Trinajstić information content (AvgIpc) is 2.61. The molecule has 0 saturated carbocycles. The molecule has 1 aromatic carbocycles. The van der Waals surface area contributed by atoms with Gasteiger partial charge in [0.05, 0.1) is 11.1 Å². The Hall–Kier alpha value is -1.68. The number of piperidine rings is 1. The van der Waals surface area contributed by atoms with E-state index in [9.17, 15) is 9.59 Å². The number of rotatable bonds is 1. The third-order valence-corrected chi connectivity index (χ3v) is 4.43. The fourth-order valence-corrected chi connectivity index (χ4v) is 4.13. The van der Waals surface area contributed by atoms with E-state index in [1.807, 2.05) is 12.1 Å². The third kappa shape index (κ3) is 2.48. The quantitative estimate of drug-likeness (QED) is 0.780. The predicted molar refractivity (Wildman–Crippen MR) is 81.5 cm³/mol. The van der Waals surface area contributed by atoms with Gasteiger partial charge in [-0.25, -0.2) is 0 Å². The number of hydrogen-bond acceptors (Lipinski definition) is 3. The molecule has 0 aromatic heterocycles. The Morgan fingerprint density at radius 3 is 2.24 bits per heavy atom. The smallest absolute Gasteiger partial charge is 0.259 e. The second-order valence-corrected chi connectivity index (χ2v) is 7.55. The van der Waals surface area contributed by atoms with Crippen molar-refractivity contribution in [1.82, 2.24) is 10.6 Å². The van der Waals surface area contributed by atoms with E-state index in [2.05, 4.69) is 38.3 Å². The molecular weight excluding hydrogens is 264 g/mol. The highest BCUT2D eigenvalue weighted by Gasteiger charge is 2.40. The molecule has 0 radical (unpaired) electrons. The molecule has 2 N–H and O–H groups in total.